The maximum absolute atomic E-state index is 14.1. The van der Waals surface area contributed by atoms with Gasteiger partial charge in [0.05, 0.1) is 11.4 Å². The average molecular weight is 565 g/mol. The smallest absolute Gasteiger partial charge is 0.320 e. The Balaban J connectivity index is 1.43. The molecule has 6 rings (SSSR count). The molecule has 2 heterocycles. The molecule has 0 saturated carbocycles. The predicted molar refractivity (Wildman–Crippen MR) is 162 cm³/mol. The van der Waals surface area contributed by atoms with Crippen molar-refractivity contribution in [3.8, 4) is 0 Å². The van der Waals surface area contributed by atoms with Crippen LogP contribution in [-0.4, -0.2) is 16.6 Å². The molecule has 0 spiro atoms. The van der Waals surface area contributed by atoms with E-state index in [-0.39, 0.29) is 11.4 Å². The standard InChI is InChI=1S/C31H25N4O5P/c1-41(38,39-34(24-14-4-2-5-15-24)28-20-22-12-8-10-18-26(22)32-30(28)36)40-35(25-16-6-3-7-17-25)29-21-23-13-9-11-19-27(23)33-31(29)37/h2-21H,1H3,(H,32,36)(H,33,37). The number of rotatable bonds is 8. The number of hydrogen-bond donors (Lipinski definition) is 2. The molecule has 2 N–H and O–H groups in total. The molecule has 0 aliphatic carbocycles. The molecular formula is C31H25N4O5P. The summed E-state index contributed by atoms with van der Waals surface area (Å²) in [5.41, 5.74) is 1.53. The second-order valence-electron chi connectivity index (χ2n) is 9.34. The number of nitrogens with zero attached hydrogens (tertiary/aromatic N) is 2. The Labute approximate surface area is 234 Å². The molecule has 0 radical (unpaired) electrons. The fraction of sp³-hybridized carbons (Fsp3) is 0.0323. The summed E-state index contributed by atoms with van der Waals surface area (Å²) < 4.78 is 26.2. The lowest BCUT2D eigenvalue weighted by Crippen LogP contribution is -2.28. The van der Waals surface area contributed by atoms with Crippen LogP contribution in [0.5, 0.6) is 0 Å². The Kier molecular flexibility index (Phi) is 6.99. The average Bonchev–Trinajstić information content (AvgIpc) is 2.99. The summed E-state index contributed by atoms with van der Waals surface area (Å²) in [6.07, 6.45) is 0. The topological polar surface area (TPSA) is 108 Å². The minimum Gasteiger partial charge on any atom is -0.320 e. The molecule has 0 unspecified atom stereocenters. The fourth-order valence-corrected chi connectivity index (χ4v) is 5.46. The van der Waals surface area contributed by atoms with E-state index in [0.29, 0.717) is 22.4 Å². The largest absolute Gasteiger partial charge is 0.370 e. The van der Waals surface area contributed by atoms with Gasteiger partial charge in [0.15, 0.2) is 0 Å². The van der Waals surface area contributed by atoms with Gasteiger partial charge in [0.1, 0.15) is 11.4 Å². The van der Waals surface area contributed by atoms with Crippen LogP contribution >= 0.6 is 7.60 Å². The summed E-state index contributed by atoms with van der Waals surface area (Å²) in [5.74, 6) is 0. The van der Waals surface area contributed by atoms with Gasteiger partial charge in [-0.05, 0) is 48.5 Å². The Morgan fingerprint density at radius 1 is 0.561 bits per heavy atom. The second-order valence-corrected chi connectivity index (χ2v) is 11.2. The van der Waals surface area contributed by atoms with E-state index < -0.39 is 18.7 Å². The minimum atomic E-state index is -4.08. The number of nitrogens with one attached hydrogen (secondary N) is 2. The zero-order chi connectivity index (χ0) is 28.4. The third kappa shape index (κ3) is 5.55. The van der Waals surface area contributed by atoms with E-state index in [9.17, 15) is 14.2 Å². The Bertz CT molecular complexity index is 1870. The third-order valence-electron chi connectivity index (χ3n) is 6.35. The molecule has 6 aromatic rings. The van der Waals surface area contributed by atoms with Crippen LogP contribution in [-0.2, 0) is 13.8 Å². The molecule has 0 atom stereocenters. The van der Waals surface area contributed by atoms with Gasteiger partial charge in [-0.15, -0.1) is 0 Å². The molecule has 0 aliphatic heterocycles. The van der Waals surface area contributed by atoms with Gasteiger partial charge < -0.3 is 9.97 Å². The van der Waals surface area contributed by atoms with Crippen molar-refractivity contribution in [2.75, 3.05) is 16.8 Å². The number of aromatic nitrogens is 2. The molecule has 9 nitrogen and oxygen atoms in total. The van der Waals surface area contributed by atoms with Crippen LogP contribution in [0.15, 0.2) is 131 Å². The molecule has 0 saturated heterocycles. The Morgan fingerprint density at radius 3 is 1.34 bits per heavy atom. The van der Waals surface area contributed by atoms with Gasteiger partial charge in [0, 0.05) is 28.5 Å². The Hall–Kier alpha value is -4.95. The van der Waals surface area contributed by atoms with Gasteiger partial charge in [-0.3, -0.25) is 14.2 Å². The molecule has 4 aromatic carbocycles. The first-order chi connectivity index (χ1) is 19.9. The van der Waals surface area contributed by atoms with E-state index in [4.69, 9.17) is 9.25 Å². The first-order valence-corrected chi connectivity index (χ1v) is 14.8. The number of pyridine rings is 2. The van der Waals surface area contributed by atoms with Crippen molar-refractivity contribution in [3.05, 3.63) is 142 Å². The van der Waals surface area contributed by atoms with Crippen molar-refractivity contribution in [1.82, 2.24) is 9.97 Å². The van der Waals surface area contributed by atoms with Gasteiger partial charge in [0.25, 0.3) is 11.1 Å². The zero-order valence-electron chi connectivity index (χ0n) is 21.9. The quantitative estimate of drug-likeness (QED) is 0.151. The number of fused-ring (bicyclic) bond motifs is 2. The summed E-state index contributed by atoms with van der Waals surface area (Å²) in [5, 5.41) is 3.90. The number of anilines is 4. The molecule has 0 fully saturated rings. The van der Waals surface area contributed by atoms with Gasteiger partial charge in [-0.1, -0.05) is 72.8 Å². The second kappa shape index (κ2) is 10.9. The van der Waals surface area contributed by atoms with Crippen LogP contribution in [0.3, 0.4) is 0 Å². The van der Waals surface area contributed by atoms with E-state index in [1.54, 1.807) is 72.8 Å². The SMILES string of the molecule is CP(=O)(ON(c1ccccc1)c1cc2ccccc2[nH]c1=O)ON(c1ccccc1)c1cc2ccccc2[nH]c1=O. The van der Waals surface area contributed by atoms with Crippen molar-refractivity contribution in [3.63, 3.8) is 0 Å². The number of para-hydroxylation sites is 4. The first kappa shape index (κ1) is 26.3. The highest BCUT2D eigenvalue weighted by Gasteiger charge is 2.31. The lowest BCUT2D eigenvalue weighted by Gasteiger charge is -2.30. The van der Waals surface area contributed by atoms with E-state index in [1.807, 2.05) is 48.5 Å². The van der Waals surface area contributed by atoms with E-state index in [2.05, 4.69) is 9.97 Å². The lowest BCUT2D eigenvalue weighted by atomic mass is 10.2. The van der Waals surface area contributed by atoms with Gasteiger partial charge in [0.2, 0.25) is 0 Å². The van der Waals surface area contributed by atoms with Gasteiger partial charge >= 0.3 is 7.60 Å². The maximum atomic E-state index is 14.1. The molecule has 10 heteroatoms. The van der Waals surface area contributed by atoms with E-state index in [0.717, 1.165) is 10.8 Å². The van der Waals surface area contributed by atoms with Crippen molar-refractivity contribution in [1.29, 1.82) is 0 Å². The zero-order valence-corrected chi connectivity index (χ0v) is 22.8. The Morgan fingerprint density at radius 2 is 0.927 bits per heavy atom. The monoisotopic (exact) mass is 564 g/mol. The molecule has 2 aromatic heterocycles. The highest BCUT2D eigenvalue weighted by Crippen LogP contribution is 2.50. The van der Waals surface area contributed by atoms with Crippen molar-refractivity contribution < 1.29 is 13.8 Å². The summed E-state index contributed by atoms with van der Waals surface area (Å²) >= 11 is 0. The van der Waals surface area contributed by atoms with Gasteiger partial charge in [-0.25, -0.2) is 10.1 Å². The molecule has 0 amide bonds. The van der Waals surface area contributed by atoms with Crippen LogP contribution in [0, 0.1) is 0 Å². The maximum Gasteiger partial charge on any atom is 0.370 e. The summed E-state index contributed by atoms with van der Waals surface area (Å²) in [4.78, 5) is 32.1. The minimum absolute atomic E-state index is 0.107. The van der Waals surface area contributed by atoms with Crippen molar-refractivity contribution in [2.45, 2.75) is 0 Å². The molecule has 0 bridgehead atoms. The first-order valence-electron chi connectivity index (χ1n) is 12.8. The lowest BCUT2D eigenvalue weighted by molar-refractivity contribution is 0.211. The van der Waals surface area contributed by atoms with Crippen LogP contribution in [0.25, 0.3) is 21.8 Å². The molecule has 204 valence electrons. The fourth-order valence-electron chi connectivity index (χ4n) is 4.47. The molecule has 41 heavy (non-hydrogen) atoms. The summed E-state index contributed by atoms with van der Waals surface area (Å²) in [6, 6.07) is 35.5. The third-order valence-corrected chi connectivity index (χ3v) is 7.27. The van der Waals surface area contributed by atoms with Crippen molar-refractivity contribution >= 4 is 52.2 Å². The number of hydrogen-bond acceptors (Lipinski definition) is 7. The summed E-state index contributed by atoms with van der Waals surface area (Å²) in [6.45, 7) is 1.28. The van der Waals surface area contributed by atoms with Crippen LogP contribution in [0.1, 0.15) is 0 Å². The summed E-state index contributed by atoms with van der Waals surface area (Å²) in [7, 11) is -4.08. The number of aromatic amines is 2. The molecular weight excluding hydrogens is 539 g/mol. The highest BCUT2D eigenvalue weighted by molar-refractivity contribution is 7.53. The number of H-pyrrole nitrogens is 2. The molecule has 0 aliphatic rings. The van der Waals surface area contributed by atoms with Crippen LogP contribution < -0.4 is 21.2 Å². The predicted octanol–water partition coefficient (Wildman–Crippen LogP) is 7.03. The van der Waals surface area contributed by atoms with E-state index >= 15 is 0 Å². The van der Waals surface area contributed by atoms with E-state index in [1.165, 1.54) is 16.8 Å². The van der Waals surface area contributed by atoms with Crippen LogP contribution in [0.4, 0.5) is 22.7 Å². The van der Waals surface area contributed by atoms with Crippen molar-refractivity contribution in [2.24, 2.45) is 0 Å². The van der Waals surface area contributed by atoms with Gasteiger partial charge in [-0.2, -0.15) is 9.25 Å². The number of benzene rings is 4. The normalized spacial score (nSPS) is 11.5. The van der Waals surface area contributed by atoms with Crippen LogP contribution in [0.2, 0.25) is 0 Å². The highest BCUT2D eigenvalue weighted by atomic mass is 31.2.